The molecule has 0 fully saturated rings. The first-order valence-electron chi connectivity index (χ1n) is 5.52. The van der Waals surface area contributed by atoms with Crippen LogP contribution in [0.4, 0.5) is 0 Å². The average molecular weight is 233 g/mol. The van der Waals surface area contributed by atoms with Crippen LogP contribution >= 0.6 is 0 Å². The molecule has 5 heteroatoms. The molecule has 0 aliphatic carbocycles. The molecule has 0 aromatic carbocycles. The van der Waals surface area contributed by atoms with Crippen molar-refractivity contribution in [1.29, 1.82) is 0 Å². The van der Waals surface area contributed by atoms with E-state index >= 15 is 0 Å². The van der Waals surface area contributed by atoms with Gasteiger partial charge in [0, 0.05) is 24.5 Å². The maximum atomic E-state index is 11.1. The standard InChI is InChI=1S/C12H15N3O2/c1-3-15-8-10(6-13-15)7-14-5-4-9(2)11(14)12(16)17/h4-6,8H,3,7H2,1-2H3,(H,16,17). The van der Waals surface area contributed by atoms with Gasteiger partial charge in [-0.25, -0.2) is 4.79 Å². The second-order valence-corrected chi connectivity index (χ2v) is 3.98. The van der Waals surface area contributed by atoms with Crippen molar-refractivity contribution in [2.24, 2.45) is 0 Å². The van der Waals surface area contributed by atoms with Gasteiger partial charge in [0.05, 0.1) is 12.7 Å². The van der Waals surface area contributed by atoms with Gasteiger partial charge in [-0.3, -0.25) is 4.68 Å². The summed E-state index contributed by atoms with van der Waals surface area (Å²) in [6.07, 6.45) is 5.49. The van der Waals surface area contributed by atoms with E-state index in [2.05, 4.69) is 5.10 Å². The lowest BCUT2D eigenvalue weighted by Gasteiger charge is -2.04. The van der Waals surface area contributed by atoms with Gasteiger partial charge in [-0.15, -0.1) is 0 Å². The predicted octanol–water partition coefficient (Wildman–Crippen LogP) is 1.76. The van der Waals surface area contributed by atoms with Crippen LogP contribution < -0.4 is 0 Å². The van der Waals surface area contributed by atoms with Crippen LogP contribution in [-0.4, -0.2) is 25.4 Å². The fraction of sp³-hybridized carbons (Fsp3) is 0.333. The maximum Gasteiger partial charge on any atom is 0.352 e. The molecule has 17 heavy (non-hydrogen) atoms. The molecule has 2 aromatic heterocycles. The minimum absolute atomic E-state index is 0.342. The number of aromatic carboxylic acids is 1. The second-order valence-electron chi connectivity index (χ2n) is 3.98. The summed E-state index contributed by atoms with van der Waals surface area (Å²) in [5.74, 6) is -0.893. The van der Waals surface area contributed by atoms with E-state index < -0.39 is 5.97 Å². The van der Waals surface area contributed by atoms with Crippen LogP contribution in [0.3, 0.4) is 0 Å². The summed E-state index contributed by atoms with van der Waals surface area (Å²) in [4.78, 5) is 11.1. The highest BCUT2D eigenvalue weighted by Crippen LogP contribution is 2.12. The molecule has 0 atom stereocenters. The van der Waals surface area contributed by atoms with Gasteiger partial charge in [0.1, 0.15) is 5.69 Å². The molecular formula is C12H15N3O2. The van der Waals surface area contributed by atoms with Crippen LogP contribution in [0.1, 0.15) is 28.5 Å². The second kappa shape index (κ2) is 4.45. The smallest absolute Gasteiger partial charge is 0.352 e. The quantitative estimate of drug-likeness (QED) is 0.875. The average Bonchev–Trinajstić information content (AvgIpc) is 2.86. The molecule has 2 aromatic rings. The van der Waals surface area contributed by atoms with Crippen LogP contribution in [0.2, 0.25) is 0 Å². The Labute approximate surface area is 99.3 Å². The molecule has 2 heterocycles. The summed E-state index contributed by atoms with van der Waals surface area (Å²) in [5.41, 5.74) is 2.12. The van der Waals surface area contributed by atoms with E-state index in [-0.39, 0.29) is 0 Å². The fourth-order valence-electron chi connectivity index (χ4n) is 1.86. The zero-order chi connectivity index (χ0) is 12.4. The Morgan fingerprint density at radius 3 is 2.88 bits per heavy atom. The summed E-state index contributed by atoms with van der Waals surface area (Å²) in [7, 11) is 0. The molecule has 0 spiro atoms. The van der Waals surface area contributed by atoms with Gasteiger partial charge in [0.25, 0.3) is 0 Å². The Bertz CT molecular complexity index is 540. The van der Waals surface area contributed by atoms with Gasteiger partial charge in [0.15, 0.2) is 0 Å². The first-order chi connectivity index (χ1) is 8.11. The van der Waals surface area contributed by atoms with Crippen molar-refractivity contribution in [3.8, 4) is 0 Å². The van der Waals surface area contributed by atoms with Gasteiger partial charge < -0.3 is 9.67 Å². The van der Waals surface area contributed by atoms with E-state index in [0.717, 1.165) is 17.7 Å². The summed E-state index contributed by atoms with van der Waals surface area (Å²) in [5, 5.41) is 13.3. The number of carboxylic acid groups (broad SMARTS) is 1. The number of aryl methyl sites for hydroxylation is 2. The highest BCUT2D eigenvalue weighted by atomic mass is 16.4. The Morgan fingerprint density at radius 1 is 1.53 bits per heavy atom. The monoisotopic (exact) mass is 233 g/mol. The number of hydrogen-bond donors (Lipinski definition) is 1. The number of aromatic nitrogens is 3. The van der Waals surface area contributed by atoms with Gasteiger partial charge in [-0.2, -0.15) is 5.10 Å². The third kappa shape index (κ3) is 2.22. The zero-order valence-electron chi connectivity index (χ0n) is 9.92. The Morgan fingerprint density at radius 2 is 2.29 bits per heavy atom. The summed E-state index contributed by atoms with van der Waals surface area (Å²) in [6.45, 7) is 5.17. The van der Waals surface area contributed by atoms with Crippen molar-refractivity contribution in [3.63, 3.8) is 0 Å². The fourth-order valence-corrected chi connectivity index (χ4v) is 1.86. The van der Waals surface area contributed by atoms with Crippen LogP contribution in [0.5, 0.6) is 0 Å². The largest absolute Gasteiger partial charge is 0.477 e. The molecule has 2 rings (SSSR count). The van der Waals surface area contributed by atoms with Crippen LogP contribution in [0.25, 0.3) is 0 Å². The topological polar surface area (TPSA) is 60.0 Å². The molecule has 90 valence electrons. The van der Waals surface area contributed by atoms with Crippen molar-refractivity contribution < 1.29 is 9.90 Å². The summed E-state index contributed by atoms with van der Waals surface area (Å²) in [6, 6.07) is 1.81. The molecule has 0 saturated carbocycles. The lowest BCUT2D eigenvalue weighted by atomic mass is 10.2. The Hall–Kier alpha value is -2.04. The molecule has 0 saturated heterocycles. The van der Waals surface area contributed by atoms with E-state index in [9.17, 15) is 4.79 Å². The number of rotatable bonds is 4. The molecule has 0 radical (unpaired) electrons. The Balaban J connectivity index is 2.27. The molecule has 0 aliphatic rings. The molecule has 0 amide bonds. The molecular weight excluding hydrogens is 218 g/mol. The highest BCUT2D eigenvalue weighted by molar-refractivity contribution is 5.87. The van der Waals surface area contributed by atoms with Crippen molar-refractivity contribution >= 4 is 5.97 Å². The van der Waals surface area contributed by atoms with E-state index in [1.807, 2.05) is 23.9 Å². The van der Waals surface area contributed by atoms with Gasteiger partial charge in [-0.05, 0) is 25.5 Å². The summed E-state index contributed by atoms with van der Waals surface area (Å²) < 4.78 is 3.56. The summed E-state index contributed by atoms with van der Waals surface area (Å²) >= 11 is 0. The molecule has 0 unspecified atom stereocenters. The van der Waals surface area contributed by atoms with Crippen molar-refractivity contribution in [1.82, 2.24) is 14.3 Å². The van der Waals surface area contributed by atoms with Gasteiger partial charge in [-0.1, -0.05) is 0 Å². The highest BCUT2D eigenvalue weighted by Gasteiger charge is 2.13. The van der Waals surface area contributed by atoms with E-state index in [1.54, 1.807) is 23.9 Å². The number of carbonyl (C=O) groups is 1. The number of carboxylic acids is 1. The van der Waals surface area contributed by atoms with Gasteiger partial charge >= 0.3 is 5.97 Å². The normalized spacial score (nSPS) is 10.7. The molecule has 5 nitrogen and oxygen atoms in total. The van der Waals surface area contributed by atoms with Gasteiger partial charge in [0.2, 0.25) is 0 Å². The first-order valence-corrected chi connectivity index (χ1v) is 5.52. The van der Waals surface area contributed by atoms with Crippen LogP contribution in [-0.2, 0) is 13.1 Å². The third-order valence-electron chi connectivity index (χ3n) is 2.73. The lowest BCUT2D eigenvalue weighted by Crippen LogP contribution is -2.09. The molecule has 1 N–H and O–H groups in total. The number of hydrogen-bond acceptors (Lipinski definition) is 2. The number of nitrogens with zero attached hydrogens (tertiary/aromatic N) is 3. The molecule has 0 bridgehead atoms. The zero-order valence-corrected chi connectivity index (χ0v) is 9.92. The Kier molecular flexibility index (Phi) is 2.99. The lowest BCUT2D eigenvalue weighted by molar-refractivity contribution is 0.0685. The van der Waals surface area contributed by atoms with Crippen molar-refractivity contribution in [3.05, 3.63) is 41.5 Å². The van der Waals surface area contributed by atoms with Crippen molar-refractivity contribution in [2.45, 2.75) is 26.9 Å². The minimum Gasteiger partial charge on any atom is -0.477 e. The molecule has 0 aliphatic heterocycles. The minimum atomic E-state index is -0.893. The van der Waals surface area contributed by atoms with E-state index in [4.69, 9.17) is 5.11 Å². The van der Waals surface area contributed by atoms with E-state index in [1.165, 1.54) is 0 Å². The van der Waals surface area contributed by atoms with Crippen LogP contribution in [0, 0.1) is 6.92 Å². The van der Waals surface area contributed by atoms with E-state index in [0.29, 0.717) is 12.2 Å². The van der Waals surface area contributed by atoms with Crippen molar-refractivity contribution in [2.75, 3.05) is 0 Å². The predicted molar refractivity (Wildman–Crippen MR) is 63.1 cm³/mol. The SMILES string of the molecule is CCn1cc(Cn2ccc(C)c2C(=O)O)cn1. The third-order valence-corrected chi connectivity index (χ3v) is 2.73. The first kappa shape index (κ1) is 11.4. The van der Waals surface area contributed by atoms with Crippen LogP contribution in [0.15, 0.2) is 24.7 Å². The maximum absolute atomic E-state index is 11.1.